The Labute approximate surface area is 220 Å². The van der Waals surface area contributed by atoms with E-state index in [4.69, 9.17) is 18.3 Å². The van der Waals surface area contributed by atoms with Crippen molar-refractivity contribution in [3.63, 3.8) is 0 Å². The number of esters is 1. The van der Waals surface area contributed by atoms with E-state index >= 15 is 0 Å². The Morgan fingerprint density at radius 1 is 0.972 bits per heavy atom. The van der Waals surface area contributed by atoms with Gasteiger partial charge in [-0.15, -0.1) is 0 Å². The van der Waals surface area contributed by atoms with E-state index in [-0.39, 0.29) is 35.6 Å². The summed E-state index contributed by atoms with van der Waals surface area (Å²) in [7, 11) is -1.62. The quantitative estimate of drug-likeness (QED) is 0.295. The van der Waals surface area contributed by atoms with Crippen LogP contribution < -0.4 is 4.74 Å². The van der Waals surface area contributed by atoms with Crippen molar-refractivity contribution in [2.75, 3.05) is 20.8 Å². The van der Waals surface area contributed by atoms with Gasteiger partial charge in [0.05, 0.1) is 33.4 Å². The third kappa shape index (κ3) is 6.06. The van der Waals surface area contributed by atoms with Crippen LogP contribution in [0.4, 0.5) is 0 Å². The topological polar surface area (TPSA) is 74.3 Å². The molecule has 0 bridgehead atoms. The lowest BCUT2D eigenvalue weighted by molar-refractivity contribution is -0.165. The average Bonchev–Trinajstić information content (AvgIpc) is 3.01. The van der Waals surface area contributed by atoms with Gasteiger partial charge in [0.1, 0.15) is 5.75 Å². The smallest absolute Gasteiger partial charge is 0.336 e. The molecule has 9 heteroatoms. The van der Waals surface area contributed by atoms with Gasteiger partial charge in [-0.2, -0.15) is 0 Å². The molecule has 1 heterocycles. The average molecular weight is 538 g/mol. The summed E-state index contributed by atoms with van der Waals surface area (Å²) in [4.78, 5) is 29.0. The van der Waals surface area contributed by atoms with Gasteiger partial charge in [0.2, 0.25) is 5.91 Å². The van der Waals surface area contributed by atoms with Crippen LogP contribution in [0.15, 0.2) is 24.3 Å². The molecule has 0 unspecified atom stereocenters. The zero-order valence-corrected chi connectivity index (χ0v) is 26.4. The molecule has 0 aromatic heterocycles. The maximum absolute atomic E-state index is 13.7. The number of ether oxygens (including phenoxy) is 2. The standard InChI is InChI=1S/C27H47NO6Si2/c1-25(2,3)35(9,10)33-19-27(24(30)32-8)22(34-36(11,12)26(4,5)6)17-23(29)28(27)18-20-13-15-21(31-7)16-14-20/h13-16,22H,17-19H2,1-12H3/t22-,27+/m0/s1. The third-order valence-corrected chi connectivity index (χ3v) is 17.4. The van der Waals surface area contributed by atoms with Crippen molar-refractivity contribution in [3.8, 4) is 5.75 Å². The molecule has 0 N–H and O–H groups in total. The summed E-state index contributed by atoms with van der Waals surface area (Å²) in [5, 5.41) is -0.162. The van der Waals surface area contributed by atoms with Crippen molar-refractivity contribution in [1.82, 2.24) is 4.90 Å². The summed E-state index contributed by atoms with van der Waals surface area (Å²) in [6, 6.07) is 7.52. The van der Waals surface area contributed by atoms with Crippen LogP contribution in [0.25, 0.3) is 0 Å². The summed E-state index contributed by atoms with van der Waals surface area (Å²) >= 11 is 0. The molecule has 7 nitrogen and oxygen atoms in total. The Kier molecular flexibility index (Phi) is 8.98. The number of hydrogen-bond donors (Lipinski definition) is 0. The van der Waals surface area contributed by atoms with Crippen LogP contribution in [0.2, 0.25) is 36.3 Å². The van der Waals surface area contributed by atoms with E-state index in [1.54, 1.807) is 12.0 Å². The lowest BCUT2D eigenvalue weighted by atomic mass is 9.93. The molecule has 1 amide bonds. The predicted octanol–water partition coefficient (Wildman–Crippen LogP) is 5.75. The molecule has 0 saturated carbocycles. The fraction of sp³-hybridized carbons (Fsp3) is 0.704. The van der Waals surface area contributed by atoms with Crippen molar-refractivity contribution in [2.45, 2.75) is 102 Å². The molecule has 204 valence electrons. The van der Waals surface area contributed by atoms with E-state index in [2.05, 4.69) is 67.7 Å². The molecule has 2 atom stereocenters. The summed E-state index contributed by atoms with van der Waals surface area (Å²) in [5.41, 5.74) is -0.491. The Morgan fingerprint density at radius 2 is 1.50 bits per heavy atom. The predicted molar refractivity (Wildman–Crippen MR) is 148 cm³/mol. The van der Waals surface area contributed by atoms with Gasteiger partial charge in [-0.3, -0.25) is 4.79 Å². The van der Waals surface area contributed by atoms with Gasteiger partial charge in [0.15, 0.2) is 22.2 Å². The Bertz CT molecular complexity index is 933. The minimum absolute atomic E-state index is 0.0390. The van der Waals surface area contributed by atoms with Crippen LogP contribution in [-0.4, -0.2) is 65.9 Å². The lowest BCUT2D eigenvalue weighted by Crippen LogP contribution is -2.64. The fourth-order valence-corrected chi connectivity index (χ4v) is 6.16. The van der Waals surface area contributed by atoms with Crippen molar-refractivity contribution >= 4 is 28.5 Å². The van der Waals surface area contributed by atoms with E-state index in [0.717, 1.165) is 11.3 Å². The van der Waals surface area contributed by atoms with Crippen LogP contribution in [0.5, 0.6) is 5.75 Å². The Hall–Kier alpha value is -1.69. The number of hydrogen-bond acceptors (Lipinski definition) is 6. The second-order valence-electron chi connectivity index (χ2n) is 12.9. The summed E-state index contributed by atoms with van der Waals surface area (Å²) < 4.78 is 24.1. The summed E-state index contributed by atoms with van der Waals surface area (Å²) in [6.45, 7) is 21.8. The van der Waals surface area contributed by atoms with E-state index in [1.165, 1.54) is 7.11 Å². The largest absolute Gasteiger partial charge is 0.497 e. The van der Waals surface area contributed by atoms with Gasteiger partial charge in [-0.1, -0.05) is 53.7 Å². The molecule has 1 aliphatic heterocycles. The first-order valence-electron chi connectivity index (χ1n) is 12.7. The molecular weight excluding hydrogens is 490 g/mol. The summed E-state index contributed by atoms with van der Waals surface area (Å²) in [6.07, 6.45) is -0.556. The van der Waals surface area contributed by atoms with Crippen molar-refractivity contribution in [2.24, 2.45) is 0 Å². The first-order valence-corrected chi connectivity index (χ1v) is 18.5. The van der Waals surface area contributed by atoms with Crippen LogP contribution in [-0.2, 0) is 29.7 Å². The van der Waals surface area contributed by atoms with Gasteiger partial charge in [-0.25, -0.2) is 4.79 Å². The van der Waals surface area contributed by atoms with Gasteiger partial charge in [0, 0.05) is 6.54 Å². The highest BCUT2D eigenvalue weighted by molar-refractivity contribution is 6.74. The van der Waals surface area contributed by atoms with E-state index < -0.39 is 34.2 Å². The fourth-order valence-electron chi connectivity index (χ4n) is 3.80. The first-order chi connectivity index (χ1) is 16.3. The first kappa shape index (κ1) is 30.5. The normalized spacial score (nSPS) is 21.6. The zero-order chi connectivity index (χ0) is 27.7. The molecule has 1 aliphatic rings. The van der Waals surface area contributed by atoms with E-state index in [1.807, 2.05) is 24.3 Å². The second-order valence-corrected chi connectivity index (χ2v) is 22.4. The number of nitrogens with zero attached hydrogens (tertiary/aromatic N) is 1. The van der Waals surface area contributed by atoms with Crippen molar-refractivity contribution in [3.05, 3.63) is 29.8 Å². The minimum atomic E-state index is -2.34. The molecule has 0 radical (unpaired) electrons. The van der Waals surface area contributed by atoms with Gasteiger partial charge >= 0.3 is 5.97 Å². The van der Waals surface area contributed by atoms with Crippen LogP contribution in [0, 0.1) is 0 Å². The second kappa shape index (κ2) is 10.6. The molecular formula is C27H47NO6Si2. The highest BCUT2D eigenvalue weighted by atomic mass is 28.4. The molecule has 1 aromatic carbocycles. The molecule has 1 fully saturated rings. The van der Waals surface area contributed by atoms with Crippen molar-refractivity contribution in [1.29, 1.82) is 0 Å². The van der Waals surface area contributed by atoms with E-state index in [0.29, 0.717) is 0 Å². The number of likely N-dealkylation sites (tertiary alicyclic amines) is 1. The number of benzene rings is 1. The lowest BCUT2D eigenvalue weighted by Gasteiger charge is -2.46. The number of methoxy groups -OCH3 is 2. The number of carbonyl (C=O) groups is 2. The maximum Gasteiger partial charge on any atom is 0.336 e. The van der Waals surface area contributed by atoms with Crippen LogP contribution in [0.3, 0.4) is 0 Å². The van der Waals surface area contributed by atoms with Crippen molar-refractivity contribution < 1.29 is 27.9 Å². The molecule has 0 aliphatic carbocycles. The minimum Gasteiger partial charge on any atom is -0.497 e. The molecule has 1 aromatic rings. The Morgan fingerprint density at radius 3 is 1.94 bits per heavy atom. The molecule has 1 saturated heterocycles. The van der Waals surface area contributed by atoms with Crippen LogP contribution in [0.1, 0.15) is 53.5 Å². The molecule has 2 rings (SSSR count). The van der Waals surface area contributed by atoms with Gasteiger partial charge in [-0.05, 0) is 54.0 Å². The van der Waals surface area contributed by atoms with E-state index in [9.17, 15) is 9.59 Å². The van der Waals surface area contributed by atoms with Crippen LogP contribution >= 0.6 is 0 Å². The van der Waals surface area contributed by atoms with Gasteiger partial charge < -0.3 is 23.2 Å². The Balaban J connectivity index is 2.61. The number of rotatable bonds is 9. The number of amides is 1. The maximum atomic E-state index is 13.7. The third-order valence-electron chi connectivity index (χ3n) is 8.42. The van der Waals surface area contributed by atoms with Gasteiger partial charge in [0.25, 0.3) is 0 Å². The molecule has 0 spiro atoms. The highest BCUT2D eigenvalue weighted by Gasteiger charge is 2.62. The SMILES string of the molecule is COC(=O)[C@@]1(CO[Si](C)(C)C(C)(C)C)[C@@H](O[Si](C)(C)C(C)(C)C)CC(=O)N1Cc1ccc(OC)cc1. The zero-order valence-electron chi connectivity index (χ0n) is 24.4. The summed E-state index contributed by atoms with van der Waals surface area (Å²) in [5.74, 6) is 0.0918. The molecule has 36 heavy (non-hydrogen) atoms. The number of carbonyl (C=O) groups excluding carboxylic acids is 2. The highest BCUT2D eigenvalue weighted by Crippen LogP contribution is 2.45. The monoisotopic (exact) mass is 537 g/mol.